The predicted molar refractivity (Wildman–Crippen MR) is 85.4 cm³/mol. The van der Waals surface area contributed by atoms with Gasteiger partial charge in [-0.15, -0.1) is 0 Å². The van der Waals surface area contributed by atoms with Gasteiger partial charge in [-0.3, -0.25) is 0 Å². The van der Waals surface area contributed by atoms with Crippen LogP contribution in [0.5, 0.6) is 0 Å². The lowest BCUT2D eigenvalue weighted by Gasteiger charge is -2.30. The molecular formula is C16H15N3S. The molecule has 3 aromatic rings. The van der Waals surface area contributed by atoms with E-state index in [1.807, 2.05) is 18.2 Å². The van der Waals surface area contributed by atoms with Gasteiger partial charge < -0.3 is 11.1 Å². The Morgan fingerprint density at radius 3 is 3.05 bits per heavy atom. The molecule has 3 nitrogen and oxygen atoms in total. The van der Waals surface area contributed by atoms with Crippen LogP contribution in [0, 0.1) is 0 Å². The van der Waals surface area contributed by atoms with E-state index >= 15 is 0 Å². The molecule has 1 atom stereocenters. The lowest BCUT2D eigenvalue weighted by molar-refractivity contribution is 0.635. The van der Waals surface area contributed by atoms with Crippen molar-refractivity contribution in [1.82, 2.24) is 4.98 Å². The SMILES string of the molecule is Nc1ccc2nc(NCC3Cc4ccccc43)sc2c1. The van der Waals surface area contributed by atoms with Gasteiger partial charge in [0.2, 0.25) is 0 Å². The van der Waals surface area contributed by atoms with E-state index in [-0.39, 0.29) is 0 Å². The Bertz CT molecular complexity index is 778. The Balaban J connectivity index is 1.49. The van der Waals surface area contributed by atoms with Crippen molar-refractivity contribution in [3.8, 4) is 0 Å². The normalized spacial score (nSPS) is 16.7. The second kappa shape index (κ2) is 4.49. The second-order valence-corrected chi connectivity index (χ2v) is 6.26. The Labute approximate surface area is 121 Å². The van der Waals surface area contributed by atoms with Crippen LogP contribution in [-0.2, 0) is 6.42 Å². The summed E-state index contributed by atoms with van der Waals surface area (Å²) in [7, 11) is 0. The first-order chi connectivity index (χ1) is 9.79. The molecule has 1 heterocycles. The highest BCUT2D eigenvalue weighted by Gasteiger charge is 2.25. The van der Waals surface area contributed by atoms with Crippen LogP contribution in [0.15, 0.2) is 42.5 Å². The van der Waals surface area contributed by atoms with E-state index in [2.05, 4.69) is 34.6 Å². The molecule has 0 amide bonds. The summed E-state index contributed by atoms with van der Waals surface area (Å²) in [4.78, 5) is 4.59. The Morgan fingerprint density at radius 2 is 2.15 bits per heavy atom. The van der Waals surface area contributed by atoms with E-state index in [1.54, 1.807) is 11.3 Å². The van der Waals surface area contributed by atoms with Gasteiger partial charge in [-0.25, -0.2) is 4.98 Å². The molecule has 20 heavy (non-hydrogen) atoms. The average Bonchev–Trinajstić information content (AvgIpc) is 2.81. The van der Waals surface area contributed by atoms with Crippen LogP contribution in [0.1, 0.15) is 17.0 Å². The van der Waals surface area contributed by atoms with Crippen molar-refractivity contribution in [2.75, 3.05) is 17.6 Å². The summed E-state index contributed by atoms with van der Waals surface area (Å²) < 4.78 is 1.14. The molecule has 0 bridgehead atoms. The third-order valence-electron chi connectivity index (χ3n) is 3.87. The number of hydrogen-bond acceptors (Lipinski definition) is 4. The van der Waals surface area contributed by atoms with Gasteiger partial charge in [-0.1, -0.05) is 35.6 Å². The minimum Gasteiger partial charge on any atom is -0.399 e. The summed E-state index contributed by atoms with van der Waals surface area (Å²) in [5, 5.41) is 4.44. The number of thiazole rings is 1. The van der Waals surface area contributed by atoms with Gasteiger partial charge in [0.05, 0.1) is 10.2 Å². The zero-order valence-electron chi connectivity index (χ0n) is 11.0. The molecule has 0 saturated carbocycles. The first kappa shape index (κ1) is 11.7. The highest BCUT2D eigenvalue weighted by Crippen LogP contribution is 2.35. The number of nitrogens with one attached hydrogen (secondary N) is 1. The van der Waals surface area contributed by atoms with E-state index in [4.69, 9.17) is 5.73 Å². The number of rotatable bonds is 3. The van der Waals surface area contributed by atoms with Gasteiger partial charge in [0.15, 0.2) is 5.13 Å². The van der Waals surface area contributed by atoms with E-state index in [0.717, 1.165) is 27.6 Å². The molecule has 1 aliphatic rings. The monoisotopic (exact) mass is 281 g/mol. The van der Waals surface area contributed by atoms with Crippen molar-refractivity contribution in [3.05, 3.63) is 53.6 Å². The van der Waals surface area contributed by atoms with Crippen molar-refractivity contribution in [2.45, 2.75) is 12.3 Å². The lowest BCUT2D eigenvalue weighted by Crippen LogP contribution is -2.24. The molecule has 1 aromatic heterocycles. The van der Waals surface area contributed by atoms with E-state index in [0.29, 0.717) is 5.92 Å². The van der Waals surface area contributed by atoms with E-state index < -0.39 is 0 Å². The summed E-state index contributed by atoms with van der Waals surface area (Å²) >= 11 is 1.67. The molecule has 100 valence electrons. The molecule has 0 aliphatic heterocycles. The maximum Gasteiger partial charge on any atom is 0.183 e. The first-order valence-electron chi connectivity index (χ1n) is 6.77. The third kappa shape index (κ3) is 1.93. The molecule has 2 aromatic carbocycles. The molecule has 0 radical (unpaired) electrons. The van der Waals surface area contributed by atoms with Gasteiger partial charge in [0.25, 0.3) is 0 Å². The van der Waals surface area contributed by atoms with Crippen LogP contribution in [0.3, 0.4) is 0 Å². The van der Waals surface area contributed by atoms with Crippen molar-refractivity contribution < 1.29 is 0 Å². The third-order valence-corrected chi connectivity index (χ3v) is 4.85. The number of aromatic nitrogens is 1. The largest absolute Gasteiger partial charge is 0.399 e. The highest BCUT2D eigenvalue weighted by atomic mass is 32.1. The Morgan fingerprint density at radius 1 is 1.25 bits per heavy atom. The van der Waals surface area contributed by atoms with Crippen molar-refractivity contribution in [2.24, 2.45) is 0 Å². The summed E-state index contributed by atoms with van der Waals surface area (Å²) in [6, 6.07) is 14.5. The number of anilines is 2. The Hall–Kier alpha value is -2.07. The van der Waals surface area contributed by atoms with Crippen LogP contribution < -0.4 is 11.1 Å². The minimum absolute atomic E-state index is 0.614. The summed E-state index contributed by atoms with van der Waals surface area (Å²) in [6.07, 6.45) is 1.17. The molecule has 1 aliphatic carbocycles. The number of nitrogen functional groups attached to an aromatic ring is 1. The number of hydrogen-bond donors (Lipinski definition) is 2. The van der Waals surface area contributed by atoms with Gasteiger partial charge in [0, 0.05) is 18.2 Å². The molecule has 0 spiro atoms. The van der Waals surface area contributed by atoms with Gasteiger partial charge in [-0.2, -0.15) is 0 Å². The average molecular weight is 281 g/mol. The lowest BCUT2D eigenvalue weighted by atomic mass is 9.78. The zero-order chi connectivity index (χ0) is 13.5. The molecule has 0 saturated heterocycles. The zero-order valence-corrected chi connectivity index (χ0v) is 11.8. The summed E-state index contributed by atoms with van der Waals surface area (Å²) in [5.74, 6) is 0.614. The smallest absolute Gasteiger partial charge is 0.183 e. The van der Waals surface area contributed by atoms with Gasteiger partial charge in [-0.05, 0) is 35.7 Å². The van der Waals surface area contributed by atoms with Crippen molar-refractivity contribution in [3.63, 3.8) is 0 Å². The number of nitrogens with zero attached hydrogens (tertiary/aromatic N) is 1. The van der Waals surface area contributed by atoms with E-state index in [9.17, 15) is 0 Å². The van der Waals surface area contributed by atoms with Crippen LogP contribution in [-0.4, -0.2) is 11.5 Å². The molecule has 4 heteroatoms. The topological polar surface area (TPSA) is 50.9 Å². The summed E-state index contributed by atoms with van der Waals surface area (Å²) in [5.41, 5.74) is 10.6. The maximum absolute atomic E-state index is 5.80. The Kier molecular flexibility index (Phi) is 2.63. The first-order valence-corrected chi connectivity index (χ1v) is 7.59. The second-order valence-electron chi connectivity index (χ2n) is 5.23. The van der Waals surface area contributed by atoms with Crippen molar-refractivity contribution in [1.29, 1.82) is 0 Å². The van der Waals surface area contributed by atoms with Crippen LogP contribution >= 0.6 is 11.3 Å². The fourth-order valence-corrected chi connectivity index (χ4v) is 3.69. The number of nitrogens with two attached hydrogens (primary N) is 1. The molecular weight excluding hydrogens is 266 g/mol. The fourth-order valence-electron chi connectivity index (χ4n) is 2.77. The van der Waals surface area contributed by atoms with Crippen molar-refractivity contribution >= 4 is 32.4 Å². The molecule has 3 N–H and O–H groups in total. The quantitative estimate of drug-likeness (QED) is 0.721. The summed E-state index contributed by atoms with van der Waals surface area (Å²) in [6.45, 7) is 0.951. The maximum atomic E-state index is 5.80. The van der Waals surface area contributed by atoms with Crippen LogP contribution in [0.4, 0.5) is 10.8 Å². The highest BCUT2D eigenvalue weighted by molar-refractivity contribution is 7.22. The molecule has 4 rings (SSSR count). The van der Waals surface area contributed by atoms with E-state index in [1.165, 1.54) is 17.5 Å². The standard InChI is InChI=1S/C16H15N3S/c17-12-5-6-14-15(8-12)20-16(19-14)18-9-11-7-10-3-1-2-4-13(10)11/h1-6,8,11H,7,9,17H2,(H,18,19). The fraction of sp³-hybridized carbons (Fsp3) is 0.188. The number of fused-ring (bicyclic) bond motifs is 2. The van der Waals surface area contributed by atoms with Gasteiger partial charge in [0.1, 0.15) is 0 Å². The van der Waals surface area contributed by atoms with Crippen LogP contribution in [0.2, 0.25) is 0 Å². The molecule has 1 unspecified atom stereocenters. The predicted octanol–water partition coefficient (Wildman–Crippen LogP) is 3.63. The number of benzene rings is 2. The minimum atomic E-state index is 0.614. The van der Waals surface area contributed by atoms with Gasteiger partial charge >= 0.3 is 0 Å². The molecule has 0 fully saturated rings. The van der Waals surface area contributed by atoms with Crippen LogP contribution in [0.25, 0.3) is 10.2 Å².